The maximum Gasteiger partial charge on any atom is 0.368 e. The van der Waals surface area contributed by atoms with Crippen LogP contribution < -0.4 is 4.74 Å². The monoisotopic (exact) mass is 481 g/mol. The van der Waals surface area contributed by atoms with Crippen molar-refractivity contribution in [3.05, 3.63) is 88.2 Å². The molecule has 1 aromatic heterocycles. The van der Waals surface area contributed by atoms with Gasteiger partial charge in [-0.3, -0.25) is 14.1 Å². The Morgan fingerprint density at radius 2 is 1.94 bits per heavy atom. The fourth-order valence-electron chi connectivity index (χ4n) is 4.29. The van der Waals surface area contributed by atoms with E-state index >= 15 is 0 Å². The molecule has 2 atom stereocenters. The van der Waals surface area contributed by atoms with E-state index in [1.165, 1.54) is 5.56 Å². The first-order valence-corrected chi connectivity index (χ1v) is 13.3. The number of hydrogen-bond donors (Lipinski definition) is 1. The average molecular weight is 482 g/mol. The molecule has 7 heteroatoms. The van der Waals surface area contributed by atoms with Crippen LogP contribution in [0.15, 0.2) is 54.9 Å². The van der Waals surface area contributed by atoms with Crippen molar-refractivity contribution in [1.82, 2.24) is 4.98 Å². The summed E-state index contributed by atoms with van der Waals surface area (Å²) in [5.41, 5.74) is 6.38. The van der Waals surface area contributed by atoms with E-state index < -0.39 is 7.60 Å². The van der Waals surface area contributed by atoms with Gasteiger partial charge < -0.3 is 14.4 Å². The van der Waals surface area contributed by atoms with Crippen molar-refractivity contribution in [1.29, 1.82) is 0 Å². The predicted molar refractivity (Wildman–Crippen MR) is 133 cm³/mol. The average Bonchev–Trinajstić information content (AvgIpc) is 2.81. The maximum absolute atomic E-state index is 13.2. The quantitative estimate of drug-likeness (QED) is 0.373. The van der Waals surface area contributed by atoms with E-state index in [9.17, 15) is 9.67 Å². The van der Waals surface area contributed by atoms with Gasteiger partial charge in [0.25, 0.3) is 0 Å². The van der Waals surface area contributed by atoms with Crippen molar-refractivity contribution < 1.29 is 23.5 Å². The lowest BCUT2D eigenvalue weighted by molar-refractivity contribution is 0.0723. The lowest BCUT2D eigenvalue weighted by Gasteiger charge is -2.29. The summed E-state index contributed by atoms with van der Waals surface area (Å²) in [6.07, 6.45) is 4.35. The molecule has 180 valence electrons. The Balaban J connectivity index is 1.45. The summed E-state index contributed by atoms with van der Waals surface area (Å²) in [5.74, 6) is 1.23. The van der Waals surface area contributed by atoms with E-state index in [2.05, 4.69) is 24.9 Å². The van der Waals surface area contributed by atoms with Gasteiger partial charge in [0.15, 0.2) is 6.35 Å². The van der Waals surface area contributed by atoms with Crippen molar-refractivity contribution in [3.63, 3.8) is 0 Å². The van der Waals surface area contributed by atoms with E-state index in [0.29, 0.717) is 24.5 Å². The van der Waals surface area contributed by atoms with Gasteiger partial charge in [0.05, 0.1) is 12.7 Å². The minimum Gasteiger partial charge on any atom is -0.508 e. The number of ether oxygens (including phenoxy) is 1. The largest absolute Gasteiger partial charge is 0.508 e. The fraction of sp³-hybridized carbons (Fsp3) is 0.370. The third-order valence-electron chi connectivity index (χ3n) is 6.17. The third-order valence-corrected chi connectivity index (χ3v) is 7.76. The summed E-state index contributed by atoms with van der Waals surface area (Å²) < 4.78 is 30.4. The summed E-state index contributed by atoms with van der Waals surface area (Å²) in [6.45, 7) is 8.60. The summed E-state index contributed by atoms with van der Waals surface area (Å²) in [4.78, 5) is 4.12. The molecule has 0 radical (unpaired) electrons. The van der Waals surface area contributed by atoms with Crippen molar-refractivity contribution in [2.75, 3.05) is 13.0 Å². The molecule has 1 aliphatic rings. The van der Waals surface area contributed by atoms with Crippen LogP contribution in [0.4, 0.5) is 0 Å². The number of rotatable bonds is 7. The normalized spacial score (nSPS) is 20.4. The van der Waals surface area contributed by atoms with Crippen LogP contribution in [-0.4, -0.2) is 23.0 Å². The SMILES string of the molecule is Cc1cc(OC[P@]2(=O)OCC[C@@H](c3cccnc3)O2)cc(C)c1Cc1ccc(O)c(C(C)C)c1. The van der Waals surface area contributed by atoms with Gasteiger partial charge in [-0.1, -0.05) is 32.0 Å². The van der Waals surface area contributed by atoms with Crippen LogP contribution in [0.25, 0.3) is 0 Å². The van der Waals surface area contributed by atoms with Gasteiger partial charge >= 0.3 is 7.60 Å². The number of nitrogens with zero attached hydrogens (tertiary/aromatic N) is 1. The van der Waals surface area contributed by atoms with Gasteiger partial charge in [-0.15, -0.1) is 0 Å². The number of hydrogen-bond acceptors (Lipinski definition) is 6. The molecule has 0 aliphatic carbocycles. The van der Waals surface area contributed by atoms with Crippen LogP contribution in [0, 0.1) is 13.8 Å². The Kier molecular flexibility index (Phi) is 7.42. The van der Waals surface area contributed by atoms with Crippen LogP contribution in [0.1, 0.15) is 65.7 Å². The minimum atomic E-state index is -3.39. The molecule has 0 saturated carbocycles. The van der Waals surface area contributed by atoms with Gasteiger partial charge in [-0.05, 0) is 83.8 Å². The van der Waals surface area contributed by atoms with Gasteiger partial charge in [-0.25, -0.2) is 0 Å². The molecule has 1 fully saturated rings. The van der Waals surface area contributed by atoms with Gasteiger partial charge in [-0.2, -0.15) is 0 Å². The van der Waals surface area contributed by atoms with Gasteiger partial charge in [0, 0.05) is 18.8 Å². The topological polar surface area (TPSA) is 77.9 Å². The van der Waals surface area contributed by atoms with Gasteiger partial charge in [0.1, 0.15) is 11.5 Å². The molecular formula is C27H32NO5P. The number of aryl methyl sites for hydroxylation is 2. The highest BCUT2D eigenvalue weighted by Crippen LogP contribution is 2.55. The molecular weight excluding hydrogens is 449 g/mol. The molecule has 1 aliphatic heterocycles. The number of pyridine rings is 1. The zero-order valence-corrected chi connectivity index (χ0v) is 21.0. The van der Waals surface area contributed by atoms with Crippen molar-refractivity contribution in [2.45, 2.75) is 52.6 Å². The molecule has 3 aromatic rings. The summed E-state index contributed by atoms with van der Waals surface area (Å²) in [6, 6.07) is 13.5. The molecule has 1 saturated heterocycles. The number of benzene rings is 2. The number of aromatic nitrogens is 1. The molecule has 1 N–H and O–H groups in total. The molecule has 0 unspecified atom stereocenters. The third kappa shape index (κ3) is 5.69. The zero-order chi connectivity index (χ0) is 24.3. The number of aromatic hydroxyl groups is 1. The highest BCUT2D eigenvalue weighted by Gasteiger charge is 2.35. The Labute approximate surface area is 201 Å². The van der Waals surface area contributed by atoms with Gasteiger partial charge in [0.2, 0.25) is 0 Å². The van der Waals surface area contributed by atoms with Crippen LogP contribution in [0.3, 0.4) is 0 Å². The Morgan fingerprint density at radius 1 is 1.18 bits per heavy atom. The van der Waals surface area contributed by atoms with E-state index in [0.717, 1.165) is 34.2 Å². The second-order valence-corrected chi connectivity index (χ2v) is 11.1. The summed E-state index contributed by atoms with van der Waals surface area (Å²) in [7, 11) is -3.39. The van der Waals surface area contributed by atoms with Crippen LogP contribution in [0.5, 0.6) is 11.5 Å². The Bertz CT molecular complexity index is 1170. The van der Waals surface area contributed by atoms with Crippen molar-refractivity contribution in [3.8, 4) is 11.5 Å². The lowest BCUT2D eigenvalue weighted by atomic mass is 9.93. The maximum atomic E-state index is 13.2. The molecule has 2 heterocycles. The van der Waals surface area contributed by atoms with Crippen LogP contribution in [-0.2, 0) is 20.0 Å². The fourth-order valence-corrected chi connectivity index (χ4v) is 5.79. The molecule has 6 nitrogen and oxygen atoms in total. The highest BCUT2D eigenvalue weighted by atomic mass is 31.2. The van der Waals surface area contributed by atoms with E-state index in [1.807, 2.05) is 44.2 Å². The number of phenolic OH excluding ortho intramolecular Hbond substituents is 1. The lowest BCUT2D eigenvalue weighted by Crippen LogP contribution is -2.17. The first-order valence-electron chi connectivity index (χ1n) is 11.6. The molecule has 0 bridgehead atoms. The Hall–Kier alpha value is -2.66. The van der Waals surface area contributed by atoms with Crippen molar-refractivity contribution >= 4 is 7.60 Å². The number of phenols is 1. The zero-order valence-electron chi connectivity index (χ0n) is 20.2. The summed E-state index contributed by atoms with van der Waals surface area (Å²) in [5, 5.41) is 10.1. The smallest absolute Gasteiger partial charge is 0.368 e. The standard InChI is InChI=1S/C27H32NO5P/c1-18(2)24-14-21(7-8-26(24)29)15-25-19(3)12-23(13-20(25)4)31-17-34(30)32-11-9-27(33-34)22-6-5-10-28-16-22/h5-8,10,12-14,16,18,27,29H,9,11,15,17H2,1-4H3/t27-,34-/m0/s1. The van der Waals surface area contributed by atoms with E-state index in [-0.39, 0.29) is 18.4 Å². The molecule has 4 rings (SSSR count). The first-order chi connectivity index (χ1) is 16.2. The molecule has 2 aromatic carbocycles. The first kappa shape index (κ1) is 24.5. The molecule has 0 amide bonds. The van der Waals surface area contributed by atoms with E-state index in [1.54, 1.807) is 18.5 Å². The van der Waals surface area contributed by atoms with E-state index in [4.69, 9.17) is 13.8 Å². The van der Waals surface area contributed by atoms with Crippen LogP contribution in [0.2, 0.25) is 0 Å². The highest BCUT2D eigenvalue weighted by molar-refractivity contribution is 7.53. The molecule has 0 spiro atoms. The Morgan fingerprint density at radius 3 is 2.62 bits per heavy atom. The summed E-state index contributed by atoms with van der Waals surface area (Å²) >= 11 is 0. The van der Waals surface area contributed by atoms with Crippen LogP contribution >= 0.6 is 7.60 Å². The molecule has 34 heavy (non-hydrogen) atoms. The second-order valence-electron chi connectivity index (χ2n) is 9.15. The van der Waals surface area contributed by atoms with Crippen molar-refractivity contribution in [2.24, 2.45) is 0 Å². The predicted octanol–water partition coefficient (Wildman–Crippen LogP) is 6.83. The minimum absolute atomic E-state index is 0.141. The second kappa shape index (κ2) is 10.3.